The maximum atomic E-state index is 12.5. The van der Waals surface area contributed by atoms with E-state index < -0.39 is 5.41 Å². The van der Waals surface area contributed by atoms with Gasteiger partial charge in [0.05, 0.1) is 25.3 Å². The van der Waals surface area contributed by atoms with Crippen LogP contribution in [0.5, 0.6) is 0 Å². The number of nitriles is 1. The van der Waals surface area contributed by atoms with Crippen molar-refractivity contribution >= 4 is 5.91 Å². The summed E-state index contributed by atoms with van der Waals surface area (Å²) >= 11 is 0. The zero-order valence-electron chi connectivity index (χ0n) is 10.6. The van der Waals surface area contributed by atoms with Crippen LogP contribution >= 0.6 is 0 Å². The molecule has 2 fully saturated rings. The van der Waals surface area contributed by atoms with Crippen LogP contribution in [0.15, 0.2) is 0 Å². The molecule has 94 valence electrons. The Labute approximate surface area is 103 Å². The van der Waals surface area contributed by atoms with E-state index >= 15 is 0 Å². The summed E-state index contributed by atoms with van der Waals surface area (Å²) in [5, 5.41) is 9.29. The van der Waals surface area contributed by atoms with E-state index in [1.807, 2.05) is 4.90 Å². The molecule has 4 heteroatoms. The fraction of sp³-hybridized carbons (Fsp3) is 0.846. The Morgan fingerprint density at radius 2 is 2.29 bits per heavy atom. The van der Waals surface area contributed by atoms with Gasteiger partial charge >= 0.3 is 0 Å². The Morgan fingerprint density at radius 1 is 1.59 bits per heavy atom. The summed E-state index contributed by atoms with van der Waals surface area (Å²) < 4.78 is 5.40. The van der Waals surface area contributed by atoms with Crippen LogP contribution in [0.3, 0.4) is 0 Å². The molecular weight excluding hydrogens is 216 g/mol. The van der Waals surface area contributed by atoms with Gasteiger partial charge in [-0.3, -0.25) is 4.79 Å². The van der Waals surface area contributed by atoms with Crippen molar-refractivity contribution in [1.29, 1.82) is 5.26 Å². The fourth-order valence-corrected chi connectivity index (χ4v) is 2.98. The van der Waals surface area contributed by atoms with E-state index in [1.54, 1.807) is 0 Å². The summed E-state index contributed by atoms with van der Waals surface area (Å²) in [4.78, 5) is 14.4. The van der Waals surface area contributed by atoms with E-state index in [2.05, 4.69) is 19.9 Å². The average molecular weight is 236 g/mol. The third-order valence-electron chi connectivity index (χ3n) is 3.98. The predicted molar refractivity (Wildman–Crippen MR) is 63.1 cm³/mol. The van der Waals surface area contributed by atoms with Gasteiger partial charge in [0.2, 0.25) is 5.91 Å². The van der Waals surface area contributed by atoms with Gasteiger partial charge < -0.3 is 9.64 Å². The van der Waals surface area contributed by atoms with Crippen molar-refractivity contribution in [2.75, 3.05) is 19.8 Å². The van der Waals surface area contributed by atoms with Gasteiger partial charge in [0.1, 0.15) is 5.41 Å². The van der Waals surface area contributed by atoms with Crippen LogP contribution in [0.25, 0.3) is 0 Å². The molecular formula is C13H20N2O2. The minimum Gasteiger partial charge on any atom is -0.377 e. The topological polar surface area (TPSA) is 53.3 Å². The molecule has 0 aromatic heterocycles. The molecule has 2 aliphatic rings. The molecule has 0 N–H and O–H groups in total. The van der Waals surface area contributed by atoms with Crippen molar-refractivity contribution in [2.24, 2.45) is 11.3 Å². The van der Waals surface area contributed by atoms with Crippen LogP contribution in [0.1, 0.15) is 33.1 Å². The van der Waals surface area contributed by atoms with Crippen molar-refractivity contribution in [3.05, 3.63) is 0 Å². The smallest absolute Gasteiger partial charge is 0.243 e. The van der Waals surface area contributed by atoms with Crippen LogP contribution in [0.4, 0.5) is 0 Å². The van der Waals surface area contributed by atoms with Crippen molar-refractivity contribution in [3.8, 4) is 6.07 Å². The molecule has 0 bridgehead atoms. The zero-order chi connectivity index (χ0) is 12.5. The van der Waals surface area contributed by atoms with E-state index in [-0.39, 0.29) is 11.9 Å². The lowest BCUT2D eigenvalue weighted by atomic mass is 9.62. The Kier molecular flexibility index (Phi) is 3.39. The van der Waals surface area contributed by atoms with Crippen LogP contribution in [-0.2, 0) is 9.53 Å². The normalized spacial score (nSPS) is 37.1. The first-order valence-corrected chi connectivity index (χ1v) is 6.43. The lowest BCUT2D eigenvalue weighted by Crippen LogP contribution is -2.56. The SMILES string of the molecule is CCC1COCCN1C(=O)C1(C#N)CC(C)C1. The first kappa shape index (κ1) is 12.4. The number of hydrogen-bond donors (Lipinski definition) is 0. The molecule has 1 aliphatic carbocycles. The van der Waals surface area contributed by atoms with E-state index in [4.69, 9.17) is 4.74 Å². The second-order valence-electron chi connectivity index (χ2n) is 5.34. The zero-order valence-corrected chi connectivity index (χ0v) is 10.6. The fourth-order valence-electron chi connectivity index (χ4n) is 2.98. The monoisotopic (exact) mass is 236 g/mol. The van der Waals surface area contributed by atoms with E-state index in [0.717, 1.165) is 19.3 Å². The molecule has 0 aromatic carbocycles. The Hall–Kier alpha value is -1.08. The highest BCUT2D eigenvalue weighted by atomic mass is 16.5. The highest BCUT2D eigenvalue weighted by Crippen LogP contribution is 2.46. The van der Waals surface area contributed by atoms with E-state index in [0.29, 0.717) is 25.7 Å². The minimum absolute atomic E-state index is 0.0354. The Balaban J connectivity index is 2.10. The number of carbonyl (C=O) groups excluding carboxylic acids is 1. The molecule has 0 spiro atoms. The van der Waals surface area contributed by atoms with Crippen LogP contribution < -0.4 is 0 Å². The second kappa shape index (κ2) is 4.66. The van der Waals surface area contributed by atoms with Gasteiger partial charge in [-0.15, -0.1) is 0 Å². The van der Waals surface area contributed by atoms with Gasteiger partial charge in [0.25, 0.3) is 0 Å². The third-order valence-corrected chi connectivity index (χ3v) is 3.98. The van der Waals surface area contributed by atoms with Crippen LogP contribution in [-0.4, -0.2) is 36.6 Å². The van der Waals surface area contributed by atoms with Crippen molar-refractivity contribution in [3.63, 3.8) is 0 Å². The molecule has 1 saturated heterocycles. The predicted octanol–water partition coefficient (Wildman–Crippen LogP) is 1.56. The molecule has 1 saturated carbocycles. The molecule has 0 radical (unpaired) electrons. The second-order valence-corrected chi connectivity index (χ2v) is 5.34. The van der Waals surface area contributed by atoms with E-state index in [1.165, 1.54) is 0 Å². The Morgan fingerprint density at radius 3 is 2.82 bits per heavy atom. The molecule has 1 unspecified atom stereocenters. The number of ether oxygens (including phenoxy) is 1. The van der Waals surface area contributed by atoms with Gasteiger partial charge in [-0.05, 0) is 25.2 Å². The van der Waals surface area contributed by atoms with Gasteiger partial charge in [0.15, 0.2) is 0 Å². The highest BCUT2D eigenvalue weighted by molar-refractivity contribution is 5.87. The molecule has 17 heavy (non-hydrogen) atoms. The molecule has 1 heterocycles. The highest BCUT2D eigenvalue weighted by Gasteiger charge is 2.51. The number of carbonyl (C=O) groups is 1. The summed E-state index contributed by atoms with van der Waals surface area (Å²) in [6.45, 7) is 6.00. The first-order chi connectivity index (χ1) is 8.13. The number of morpholine rings is 1. The number of hydrogen-bond acceptors (Lipinski definition) is 3. The first-order valence-electron chi connectivity index (χ1n) is 6.43. The number of rotatable bonds is 2. The molecule has 4 nitrogen and oxygen atoms in total. The largest absolute Gasteiger partial charge is 0.377 e. The average Bonchev–Trinajstić information content (AvgIpc) is 2.33. The number of amides is 1. The summed E-state index contributed by atoms with van der Waals surface area (Å²) in [6, 6.07) is 2.41. The third kappa shape index (κ3) is 2.04. The van der Waals surface area contributed by atoms with Gasteiger partial charge in [0, 0.05) is 6.54 Å². The van der Waals surface area contributed by atoms with Crippen molar-refractivity contribution < 1.29 is 9.53 Å². The molecule has 1 amide bonds. The van der Waals surface area contributed by atoms with Crippen molar-refractivity contribution in [2.45, 2.75) is 39.2 Å². The summed E-state index contributed by atoms with van der Waals surface area (Å²) in [6.07, 6.45) is 2.33. The van der Waals surface area contributed by atoms with Crippen LogP contribution in [0, 0.1) is 22.7 Å². The van der Waals surface area contributed by atoms with Gasteiger partial charge in [-0.2, -0.15) is 5.26 Å². The summed E-state index contributed by atoms with van der Waals surface area (Å²) in [5.41, 5.74) is -0.732. The van der Waals surface area contributed by atoms with Crippen LogP contribution in [0.2, 0.25) is 0 Å². The number of nitrogens with zero attached hydrogens (tertiary/aromatic N) is 2. The summed E-state index contributed by atoms with van der Waals surface area (Å²) in [7, 11) is 0. The van der Waals surface area contributed by atoms with Gasteiger partial charge in [-0.1, -0.05) is 13.8 Å². The molecule has 0 aromatic rings. The Bertz CT molecular complexity index is 342. The minimum atomic E-state index is -0.732. The lowest BCUT2D eigenvalue weighted by Gasteiger charge is -2.45. The standard InChI is InChI=1S/C13H20N2O2/c1-3-11-8-17-5-4-15(11)12(16)13(9-14)6-10(2)7-13/h10-11H,3-8H2,1-2H3. The molecule has 1 aliphatic heterocycles. The lowest BCUT2D eigenvalue weighted by molar-refractivity contribution is -0.154. The maximum Gasteiger partial charge on any atom is 0.243 e. The quantitative estimate of drug-likeness (QED) is 0.731. The molecule has 2 rings (SSSR count). The molecule has 1 atom stereocenters. The van der Waals surface area contributed by atoms with Gasteiger partial charge in [-0.25, -0.2) is 0 Å². The maximum absolute atomic E-state index is 12.5. The van der Waals surface area contributed by atoms with E-state index in [9.17, 15) is 10.1 Å². The summed E-state index contributed by atoms with van der Waals surface area (Å²) in [5.74, 6) is 0.535. The van der Waals surface area contributed by atoms with Crippen molar-refractivity contribution in [1.82, 2.24) is 4.90 Å².